The summed E-state index contributed by atoms with van der Waals surface area (Å²) in [4.78, 5) is 15.4. The second-order valence-corrected chi connectivity index (χ2v) is 8.35. The molecular formula is C21H27N5O. The van der Waals surface area contributed by atoms with Crippen molar-refractivity contribution in [3.05, 3.63) is 41.2 Å². The number of para-hydroxylation sites is 1. The molecule has 2 aliphatic heterocycles. The molecule has 6 nitrogen and oxygen atoms in total. The Morgan fingerprint density at radius 3 is 2.70 bits per heavy atom. The second kappa shape index (κ2) is 6.44. The maximum atomic E-state index is 13.5. The zero-order valence-corrected chi connectivity index (χ0v) is 15.9. The minimum absolute atomic E-state index is 0.00362. The Bertz CT molecular complexity index is 861. The average Bonchev–Trinajstić information content (AvgIpc) is 3.41. The molecule has 0 unspecified atom stereocenters. The van der Waals surface area contributed by atoms with Crippen molar-refractivity contribution in [1.82, 2.24) is 20.3 Å². The first-order valence-corrected chi connectivity index (χ1v) is 10.2. The number of fused-ring (bicyclic) bond motifs is 2. The third-order valence-corrected chi connectivity index (χ3v) is 6.82. The molecule has 2 aromatic rings. The predicted octanol–water partition coefficient (Wildman–Crippen LogP) is 2.98. The lowest BCUT2D eigenvalue weighted by atomic mass is 9.81. The molecule has 5 rings (SSSR count). The van der Waals surface area contributed by atoms with Crippen molar-refractivity contribution in [1.29, 1.82) is 0 Å². The monoisotopic (exact) mass is 365 g/mol. The maximum absolute atomic E-state index is 13.5. The molecule has 1 aromatic carbocycles. The second-order valence-electron chi connectivity index (χ2n) is 8.35. The van der Waals surface area contributed by atoms with E-state index in [9.17, 15) is 4.79 Å². The normalized spacial score (nSPS) is 21.7. The number of anilines is 1. The lowest BCUT2D eigenvalue weighted by Gasteiger charge is -2.25. The van der Waals surface area contributed by atoms with Gasteiger partial charge in [-0.2, -0.15) is 0 Å². The number of benzene rings is 1. The van der Waals surface area contributed by atoms with Crippen LogP contribution < -0.4 is 10.2 Å². The highest BCUT2D eigenvalue weighted by molar-refractivity contribution is 6.07. The highest BCUT2D eigenvalue weighted by Crippen LogP contribution is 2.50. The molecule has 1 aliphatic carbocycles. The molecule has 1 aromatic heterocycles. The van der Waals surface area contributed by atoms with E-state index < -0.39 is 0 Å². The van der Waals surface area contributed by atoms with Crippen molar-refractivity contribution in [2.24, 2.45) is 0 Å². The fraction of sp³-hybridized carbons (Fsp3) is 0.571. The number of aromatic nitrogens is 3. The van der Waals surface area contributed by atoms with Gasteiger partial charge in [0.25, 0.3) is 5.91 Å². The minimum atomic E-state index is 0.00362. The van der Waals surface area contributed by atoms with Crippen molar-refractivity contribution in [3.8, 4) is 0 Å². The van der Waals surface area contributed by atoms with Crippen LogP contribution in [-0.2, 0) is 5.41 Å². The maximum Gasteiger partial charge on any atom is 0.280 e. The van der Waals surface area contributed by atoms with Crippen molar-refractivity contribution in [2.45, 2.75) is 56.9 Å². The van der Waals surface area contributed by atoms with Gasteiger partial charge in [0, 0.05) is 17.6 Å². The highest BCUT2D eigenvalue weighted by atomic mass is 16.2. The Hall–Kier alpha value is -2.21. The third kappa shape index (κ3) is 2.61. The first-order chi connectivity index (χ1) is 13.2. The molecule has 142 valence electrons. The van der Waals surface area contributed by atoms with Gasteiger partial charge in [-0.05, 0) is 57.3 Å². The Kier molecular flexibility index (Phi) is 4.04. The summed E-state index contributed by atoms with van der Waals surface area (Å²) in [6.45, 7) is 4.76. The lowest BCUT2D eigenvalue weighted by Crippen LogP contribution is -2.36. The summed E-state index contributed by atoms with van der Waals surface area (Å²) < 4.78 is 1.97. The Balaban J connectivity index is 1.47. The zero-order chi connectivity index (χ0) is 18.4. The third-order valence-electron chi connectivity index (χ3n) is 6.82. The number of nitrogens with one attached hydrogen (secondary N) is 1. The first-order valence-electron chi connectivity index (χ1n) is 10.2. The predicted molar refractivity (Wildman–Crippen MR) is 104 cm³/mol. The summed E-state index contributed by atoms with van der Waals surface area (Å²) in [6.07, 6.45) is 6.92. The van der Waals surface area contributed by atoms with Gasteiger partial charge < -0.3 is 10.2 Å². The van der Waals surface area contributed by atoms with E-state index in [2.05, 4.69) is 33.8 Å². The van der Waals surface area contributed by atoms with Crippen LogP contribution >= 0.6 is 0 Å². The standard InChI is InChI=1S/C21H27N5O/c1-15-19(23-24-26(15)16-8-12-22-13-9-16)20(27)25-14-21(10-4-5-11-21)17-6-2-3-7-18(17)25/h2-3,6-7,16,22H,4-5,8-14H2,1H3. The lowest BCUT2D eigenvalue weighted by molar-refractivity contribution is 0.0979. The van der Waals surface area contributed by atoms with Crippen LogP contribution in [0.4, 0.5) is 5.69 Å². The van der Waals surface area contributed by atoms with Gasteiger partial charge in [0.1, 0.15) is 0 Å². The summed E-state index contributed by atoms with van der Waals surface area (Å²) in [5.41, 5.74) is 3.97. The molecule has 6 heteroatoms. The van der Waals surface area contributed by atoms with Crippen molar-refractivity contribution >= 4 is 11.6 Å². The van der Waals surface area contributed by atoms with Gasteiger partial charge in [0.2, 0.25) is 0 Å². The fourth-order valence-corrected chi connectivity index (χ4v) is 5.36. The number of carbonyl (C=O) groups is 1. The molecule has 1 saturated carbocycles. The number of amides is 1. The first kappa shape index (κ1) is 16.9. The smallest absolute Gasteiger partial charge is 0.280 e. The van der Waals surface area contributed by atoms with Crippen LogP contribution in [0.25, 0.3) is 0 Å². The van der Waals surface area contributed by atoms with E-state index in [-0.39, 0.29) is 11.3 Å². The van der Waals surface area contributed by atoms with E-state index in [1.807, 2.05) is 22.6 Å². The molecule has 1 N–H and O–H groups in total. The molecular weight excluding hydrogens is 338 g/mol. The van der Waals surface area contributed by atoms with Crippen molar-refractivity contribution in [3.63, 3.8) is 0 Å². The molecule has 1 saturated heterocycles. The molecule has 2 fully saturated rings. The van der Waals surface area contributed by atoms with Crippen LogP contribution in [0.3, 0.4) is 0 Å². The summed E-state index contributed by atoms with van der Waals surface area (Å²) in [6, 6.07) is 8.78. The van der Waals surface area contributed by atoms with Gasteiger partial charge in [-0.3, -0.25) is 4.79 Å². The Morgan fingerprint density at radius 2 is 1.93 bits per heavy atom. The summed E-state index contributed by atoms with van der Waals surface area (Å²) >= 11 is 0. The zero-order valence-electron chi connectivity index (χ0n) is 15.9. The van der Waals surface area contributed by atoms with E-state index in [0.717, 1.165) is 43.9 Å². The summed E-state index contributed by atoms with van der Waals surface area (Å²) in [5.74, 6) is 0.00362. The highest BCUT2D eigenvalue weighted by Gasteiger charge is 2.46. The topological polar surface area (TPSA) is 63.1 Å². The van der Waals surface area contributed by atoms with Crippen molar-refractivity contribution in [2.75, 3.05) is 24.5 Å². The molecule has 1 spiro atoms. The molecule has 27 heavy (non-hydrogen) atoms. The molecule has 0 bridgehead atoms. The minimum Gasteiger partial charge on any atom is -0.317 e. The van der Waals surface area contributed by atoms with Crippen molar-refractivity contribution < 1.29 is 4.79 Å². The number of hydrogen-bond acceptors (Lipinski definition) is 4. The van der Waals surface area contributed by atoms with Crippen LogP contribution in [0, 0.1) is 6.92 Å². The van der Waals surface area contributed by atoms with Crippen LogP contribution in [0.1, 0.15) is 66.3 Å². The summed E-state index contributed by atoms with van der Waals surface area (Å²) in [5, 5.41) is 12.1. The molecule has 3 aliphatic rings. The molecule has 0 atom stereocenters. The van der Waals surface area contributed by atoms with Gasteiger partial charge in [-0.1, -0.05) is 36.3 Å². The molecule has 3 heterocycles. The van der Waals surface area contributed by atoms with E-state index in [1.54, 1.807) is 0 Å². The van der Waals surface area contributed by atoms with E-state index in [0.29, 0.717) is 11.7 Å². The van der Waals surface area contributed by atoms with Gasteiger partial charge in [-0.25, -0.2) is 4.68 Å². The van der Waals surface area contributed by atoms with E-state index in [4.69, 9.17) is 0 Å². The largest absolute Gasteiger partial charge is 0.317 e. The molecule has 0 radical (unpaired) electrons. The number of piperidine rings is 1. The number of rotatable bonds is 2. The SMILES string of the molecule is Cc1c(C(=O)N2CC3(CCCC3)c3ccccc32)nnn1C1CCNCC1. The summed E-state index contributed by atoms with van der Waals surface area (Å²) in [7, 11) is 0. The van der Waals surface area contributed by atoms with Crippen LogP contribution in [0.2, 0.25) is 0 Å². The van der Waals surface area contributed by atoms with Crippen LogP contribution in [-0.4, -0.2) is 40.5 Å². The fourth-order valence-electron chi connectivity index (χ4n) is 5.36. The number of carbonyl (C=O) groups excluding carboxylic acids is 1. The number of nitrogens with zero attached hydrogens (tertiary/aromatic N) is 4. The Labute approximate surface area is 159 Å². The van der Waals surface area contributed by atoms with Gasteiger partial charge >= 0.3 is 0 Å². The van der Waals surface area contributed by atoms with Gasteiger partial charge in [0.05, 0.1) is 11.7 Å². The van der Waals surface area contributed by atoms with Gasteiger partial charge in [0.15, 0.2) is 5.69 Å². The number of hydrogen-bond donors (Lipinski definition) is 1. The quantitative estimate of drug-likeness (QED) is 0.889. The van der Waals surface area contributed by atoms with Gasteiger partial charge in [-0.15, -0.1) is 5.10 Å². The van der Waals surface area contributed by atoms with Crippen LogP contribution in [0.5, 0.6) is 0 Å². The van der Waals surface area contributed by atoms with E-state index >= 15 is 0 Å². The van der Waals surface area contributed by atoms with Crippen LogP contribution in [0.15, 0.2) is 24.3 Å². The molecule has 1 amide bonds. The average molecular weight is 365 g/mol. The van der Waals surface area contributed by atoms with E-state index in [1.165, 1.54) is 31.2 Å². The Morgan fingerprint density at radius 1 is 1.19 bits per heavy atom.